The van der Waals surface area contributed by atoms with Gasteiger partial charge in [-0.3, -0.25) is 4.79 Å². The maximum atomic E-state index is 12.8. The van der Waals surface area contributed by atoms with Gasteiger partial charge in [-0.25, -0.2) is 9.78 Å². The highest BCUT2D eigenvalue weighted by Crippen LogP contribution is 2.34. The fourth-order valence-electron chi connectivity index (χ4n) is 4.57. The number of nitrogens with zero attached hydrogens (tertiary/aromatic N) is 4. The molecule has 172 valence electrons. The van der Waals surface area contributed by atoms with Crippen molar-refractivity contribution in [3.05, 3.63) is 75.7 Å². The van der Waals surface area contributed by atoms with E-state index in [9.17, 15) is 14.7 Å². The molecule has 34 heavy (non-hydrogen) atoms. The molecule has 0 unspecified atom stereocenters. The van der Waals surface area contributed by atoms with Crippen LogP contribution < -0.4 is 21.8 Å². The molecule has 0 atom stereocenters. The van der Waals surface area contributed by atoms with Crippen LogP contribution in [0.4, 0.5) is 17.5 Å². The number of fused-ring (bicyclic) bond motifs is 2. The number of carbonyl (C=O) groups is 1. The number of rotatable bonds is 5. The summed E-state index contributed by atoms with van der Waals surface area (Å²) in [6, 6.07) is 11.8. The molecule has 9 nitrogen and oxygen atoms in total. The van der Waals surface area contributed by atoms with Crippen molar-refractivity contribution in [2.24, 2.45) is 0 Å². The van der Waals surface area contributed by atoms with Gasteiger partial charge in [-0.15, -0.1) is 0 Å². The van der Waals surface area contributed by atoms with Crippen molar-refractivity contribution < 1.29 is 9.90 Å². The lowest BCUT2D eigenvalue weighted by Crippen LogP contribution is -2.21. The van der Waals surface area contributed by atoms with Gasteiger partial charge in [0.05, 0.1) is 5.52 Å². The number of hydrogen-bond donors (Lipinski definition) is 3. The number of hydrogen-bond acceptors (Lipinski definition) is 7. The van der Waals surface area contributed by atoms with Gasteiger partial charge in [-0.05, 0) is 54.3 Å². The summed E-state index contributed by atoms with van der Waals surface area (Å²) in [5, 5.41) is 9.86. The van der Waals surface area contributed by atoms with Crippen LogP contribution in [0, 0.1) is 0 Å². The number of anilines is 3. The van der Waals surface area contributed by atoms with Gasteiger partial charge in [0.25, 0.3) is 0 Å². The fraction of sp³-hybridized carbons (Fsp3) is 0.200. The van der Waals surface area contributed by atoms with E-state index < -0.39 is 11.4 Å². The summed E-state index contributed by atoms with van der Waals surface area (Å²) in [5.74, 6) is -0.680. The smallest absolute Gasteiger partial charge is 0.341 e. The van der Waals surface area contributed by atoms with Gasteiger partial charge in [0.15, 0.2) is 0 Å². The van der Waals surface area contributed by atoms with Gasteiger partial charge in [0, 0.05) is 48.7 Å². The van der Waals surface area contributed by atoms with Crippen LogP contribution in [0.15, 0.2) is 53.6 Å². The van der Waals surface area contributed by atoms with Gasteiger partial charge in [-0.1, -0.05) is 12.1 Å². The van der Waals surface area contributed by atoms with Crippen molar-refractivity contribution in [1.29, 1.82) is 0 Å². The van der Waals surface area contributed by atoms with Crippen LogP contribution in [0.1, 0.15) is 28.4 Å². The van der Waals surface area contributed by atoms with Crippen molar-refractivity contribution in [2.45, 2.75) is 26.4 Å². The van der Waals surface area contributed by atoms with Crippen LogP contribution in [0.25, 0.3) is 22.0 Å². The zero-order chi connectivity index (χ0) is 24.0. The molecule has 0 fully saturated rings. The standard InChI is InChI=1S/C25H24N6O3/c1-2-30-13-19(24(33)34)22(32)18-10-15(4-6-21(18)30)14-3-5-20-16(9-14)7-8-31(20)12-17-11-28-25(27)29-23(17)26/h3-6,9-11,13H,2,7-8,12H2,1H3,(H,33,34)(H4,26,27,28,29). The Labute approximate surface area is 195 Å². The lowest BCUT2D eigenvalue weighted by Gasteiger charge is -2.20. The Morgan fingerprint density at radius 2 is 1.91 bits per heavy atom. The minimum atomic E-state index is -1.22. The Morgan fingerprint density at radius 3 is 2.65 bits per heavy atom. The van der Waals surface area contributed by atoms with Crippen molar-refractivity contribution in [3.63, 3.8) is 0 Å². The fourth-order valence-corrected chi connectivity index (χ4v) is 4.57. The summed E-state index contributed by atoms with van der Waals surface area (Å²) >= 11 is 0. The van der Waals surface area contributed by atoms with Gasteiger partial charge < -0.3 is 26.0 Å². The quantitative estimate of drug-likeness (QED) is 0.416. The molecule has 0 amide bonds. The maximum absolute atomic E-state index is 12.8. The van der Waals surface area contributed by atoms with Gasteiger partial charge in [0.1, 0.15) is 11.4 Å². The maximum Gasteiger partial charge on any atom is 0.341 e. The average Bonchev–Trinajstić information content (AvgIpc) is 3.22. The van der Waals surface area contributed by atoms with Crippen LogP contribution in [0.2, 0.25) is 0 Å². The van der Waals surface area contributed by atoms with E-state index >= 15 is 0 Å². The summed E-state index contributed by atoms with van der Waals surface area (Å²) < 4.78 is 1.79. The Hall–Kier alpha value is -4.40. The van der Waals surface area contributed by atoms with Crippen LogP contribution in [-0.2, 0) is 19.5 Å². The number of benzene rings is 2. The molecule has 0 saturated heterocycles. The second-order valence-corrected chi connectivity index (χ2v) is 8.35. The third-order valence-corrected chi connectivity index (χ3v) is 6.33. The third kappa shape index (κ3) is 3.61. The molecule has 0 bridgehead atoms. The molecule has 0 aliphatic carbocycles. The third-order valence-electron chi connectivity index (χ3n) is 6.33. The highest BCUT2D eigenvalue weighted by Gasteiger charge is 2.21. The largest absolute Gasteiger partial charge is 0.477 e. The number of aryl methyl sites for hydroxylation is 1. The first-order valence-electron chi connectivity index (χ1n) is 11.0. The zero-order valence-corrected chi connectivity index (χ0v) is 18.7. The Morgan fingerprint density at radius 1 is 1.15 bits per heavy atom. The van der Waals surface area contributed by atoms with Gasteiger partial charge in [-0.2, -0.15) is 4.98 Å². The lowest BCUT2D eigenvalue weighted by atomic mass is 9.99. The second kappa shape index (κ2) is 8.18. The molecule has 0 radical (unpaired) electrons. The molecule has 2 aromatic carbocycles. The van der Waals surface area contributed by atoms with E-state index in [4.69, 9.17) is 11.5 Å². The molecule has 1 aliphatic heterocycles. The molecule has 0 spiro atoms. The number of carboxylic acid groups (broad SMARTS) is 1. The number of pyridine rings is 1. The molecule has 3 heterocycles. The van der Waals surface area contributed by atoms with Crippen LogP contribution in [0.5, 0.6) is 0 Å². The minimum absolute atomic E-state index is 0.157. The first-order valence-corrected chi connectivity index (χ1v) is 11.0. The minimum Gasteiger partial charge on any atom is -0.477 e. The number of carboxylic acids is 1. The summed E-state index contributed by atoms with van der Waals surface area (Å²) in [4.78, 5) is 34.7. The normalized spacial score (nSPS) is 12.8. The van der Waals surface area contributed by atoms with Crippen molar-refractivity contribution in [3.8, 4) is 11.1 Å². The van der Waals surface area contributed by atoms with E-state index in [0.717, 1.165) is 40.9 Å². The average molecular weight is 457 g/mol. The van der Waals surface area contributed by atoms with Crippen molar-refractivity contribution in [2.75, 3.05) is 22.9 Å². The SMILES string of the molecule is CCn1cc(C(=O)O)c(=O)c2cc(-c3ccc4c(c3)CCN4Cc3cnc(N)nc3N)ccc21. The summed E-state index contributed by atoms with van der Waals surface area (Å²) in [6.45, 7) is 3.90. The molecule has 2 aromatic heterocycles. The molecule has 5 N–H and O–H groups in total. The number of aromatic nitrogens is 3. The highest BCUT2D eigenvalue weighted by atomic mass is 16.4. The van der Waals surface area contributed by atoms with E-state index in [1.807, 2.05) is 25.1 Å². The van der Waals surface area contributed by atoms with E-state index in [1.54, 1.807) is 16.8 Å². The Bertz CT molecular complexity index is 1510. The zero-order valence-electron chi connectivity index (χ0n) is 18.7. The number of nitrogen functional groups attached to an aromatic ring is 2. The highest BCUT2D eigenvalue weighted by molar-refractivity contribution is 5.94. The molecule has 5 rings (SSSR count). The predicted molar refractivity (Wildman–Crippen MR) is 132 cm³/mol. The molecule has 9 heteroatoms. The monoisotopic (exact) mass is 456 g/mol. The topological polar surface area (TPSA) is 140 Å². The van der Waals surface area contributed by atoms with Crippen molar-refractivity contribution >= 4 is 34.3 Å². The van der Waals surface area contributed by atoms with E-state index in [2.05, 4.69) is 27.0 Å². The van der Waals surface area contributed by atoms with Crippen LogP contribution in [0.3, 0.4) is 0 Å². The molecular formula is C25H24N6O3. The second-order valence-electron chi connectivity index (χ2n) is 8.35. The molecule has 1 aliphatic rings. The summed E-state index contributed by atoms with van der Waals surface area (Å²) in [5.41, 5.74) is 16.6. The van der Waals surface area contributed by atoms with E-state index in [1.165, 1.54) is 11.8 Å². The van der Waals surface area contributed by atoms with E-state index in [0.29, 0.717) is 24.3 Å². The molecular weight excluding hydrogens is 432 g/mol. The number of nitrogens with two attached hydrogens (primary N) is 2. The van der Waals surface area contributed by atoms with E-state index in [-0.39, 0.29) is 11.5 Å². The first kappa shape index (κ1) is 21.4. The predicted octanol–water partition coefficient (Wildman–Crippen LogP) is 2.90. The molecule has 4 aromatic rings. The Kier molecular flexibility index (Phi) is 5.16. The summed E-state index contributed by atoms with van der Waals surface area (Å²) in [7, 11) is 0. The lowest BCUT2D eigenvalue weighted by molar-refractivity contribution is 0.0695. The van der Waals surface area contributed by atoms with Crippen LogP contribution >= 0.6 is 0 Å². The van der Waals surface area contributed by atoms with Gasteiger partial charge >= 0.3 is 5.97 Å². The number of aromatic carboxylic acids is 1. The summed E-state index contributed by atoms with van der Waals surface area (Å²) in [6.07, 6.45) is 3.95. The van der Waals surface area contributed by atoms with Crippen molar-refractivity contribution in [1.82, 2.24) is 14.5 Å². The Balaban J connectivity index is 1.51. The van der Waals surface area contributed by atoms with Gasteiger partial charge in [0.2, 0.25) is 11.4 Å². The van der Waals surface area contributed by atoms with Crippen LogP contribution in [-0.4, -0.2) is 32.2 Å². The first-order chi connectivity index (χ1) is 16.4. The molecule has 0 saturated carbocycles.